The van der Waals surface area contributed by atoms with E-state index in [1.807, 2.05) is 0 Å². The van der Waals surface area contributed by atoms with Crippen LogP contribution in [0.1, 0.15) is 63.6 Å². The standard InChI is InChI=1S/C22H36N2/c1-8-12-20-14-13-18(5)22(17-20)21(10-3)15-16-24(11-4)23(7)19(6)9-2/h10,13-14,17H,6,8-9,11-12,15-16H2,1-5,7H3/b21-10-. The van der Waals surface area contributed by atoms with Crippen LogP contribution in [0.3, 0.4) is 0 Å². The first-order chi connectivity index (χ1) is 11.5. The Kier molecular flexibility index (Phi) is 8.84. The molecule has 0 atom stereocenters. The average molecular weight is 329 g/mol. The van der Waals surface area contributed by atoms with E-state index in [0.29, 0.717) is 0 Å². The zero-order valence-corrected chi connectivity index (χ0v) is 16.7. The van der Waals surface area contributed by atoms with Crippen LogP contribution in [0.25, 0.3) is 5.57 Å². The van der Waals surface area contributed by atoms with Gasteiger partial charge in [0.2, 0.25) is 0 Å². The first-order valence-electron chi connectivity index (χ1n) is 9.39. The SMILES string of the molecule is C=C(CC)N(C)N(CC)CC/C(=C/C)c1cc(CCC)ccc1C. The molecule has 0 N–H and O–H groups in total. The van der Waals surface area contributed by atoms with Crippen molar-refractivity contribution in [2.24, 2.45) is 0 Å². The third-order valence-corrected chi connectivity index (χ3v) is 4.83. The maximum absolute atomic E-state index is 4.16. The summed E-state index contributed by atoms with van der Waals surface area (Å²) < 4.78 is 0. The van der Waals surface area contributed by atoms with Gasteiger partial charge in [0.05, 0.1) is 0 Å². The van der Waals surface area contributed by atoms with Crippen LogP contribution in [-0.2, 0) is 6.42 Å². The number of hydrazine groups is 1. The van der Waals surface area contributed by atoms with Crippen molar-refractivity contribution in [1.29, 1.82) is 0 Å². The van der Waals surface area contributed by atoms with Crippen LogP contribution < -0.4 is 0 Å². The van der Waals surface area contributed by atoms with Crippen molar-refractivity contribution in [3.63, 3.8) is 0 Å². The monoisotopic (exact) mass is 328 g/mol. The third kappa shape index (κ3) is 5.52. The average Bonchev–Trinajstić information content (AvgIpc) is 2.60. The Hall–Kier alpha value is -1.54. The molecule has 0 saturated heterocycles. The van der Waals surface area contributed by atoms with Crippen molar-refractivity contribution < 1.29 is 0 Å². The van der Waals surface area contributed by atoms with E-state index in [1.165, 1.54) is 34.4 Å². The number of aryl methyl sites for hydroxylation is 2. The number of hydrogen-bond donors (Lipinski definition) is 0. The van der Waals surface area contributed by atoms with Crippen LogP contribution in [0.5, 0.6) is 0 Å². The summed E-state index contributed by atoms with van der Waals surface area (Å²) in [6.07, 6.45) is 6.68. The quantitative estimate of drug-likeness (QED) is 0.498. The molecule has 2 nitrogen and oxygen atoms in total. The van der Waals surface area contributed by atoms with Crippen LogP contribution in [0.15, 0.2) is 36.6 Å². The summed E-state index contributed by atoms with van der Waals surface area (Å²) in [5.74, 6) is 0. The van der Waals surface area contributed by atoms with Crippen LogP contribution >= 0.6 is 0 Å². The van der Waals surface area contributed by atoms with Crippen LogP contribution in [0.2, 0.25) is 0 Å². The van der Waals surface area contributed by atoms with E-state index in [9.17, 15) is 0 Å². The maximum Gasteiger partial charge on any atom is 0.0230 e. The zero-order chi connectivity index (χ0) is 18.1. The molecule has 1 rings (SSSR count). The lowest BCUT2D eigenvalue weighted by Gasteiger charge is -2.34. The van der Waals surface area contributed by atoms with Crippen molar-refractivity contribution in [2.75, 3.05) is 20.1 Å². The van der Waals surface area contributed by atoms with Crippen molar-refractivity contribution in [1.82, 2.24) is 10.0 Å². The predicted octanol–water partition coefficient (Wildman–Crippen LogP) is 5.83. The summed E-state index contributed by atoms with van der Waals surface area (Å²) in [6.45, 7) is 17.2. The lowest BCUT2D eigenvalue weighted by molar-refractivity contribution is 0.0394. The molecule has 0 heterocycles. The van der Waals surface area contributed by atoms with E-state index in [2.05, 4.69) is 82.5 Å². The number of allylic oxidation sites excluding steroid dienone is 2. The Bertz CT molecular complexity index is 557. The highest BCUT2D eigenvalue weighted by Gasteiger charge is 2.12. The number of benzene rings is 1. The van der Waals surface area contributed by atoms with Crippen molar-refractivity contribution >= 4 is 5.57 Å². The Morgan fingerprint density at radius 3 is 2.46 bits per heavy atom. The second kappa shape index (κ2) is 10.4. The van der Waals surface area contributed by atoms with Gasteiger partial charge in [-0.1, -0.05) is 58.0 Å². The van der Waals surface area contributed by atoms with E-state index >= 15 is 0 Å². The van der Waals surface area contributed by atoms with Crippen LogP contribution in [-0.4, -0.2) is 30.2 Å². The van der Waals surface area contributed by atoms with E-state index in [0.717, 1.165) is 32.4 Å². The summed E-state index contributed by atoms with van der Waals surface area (Å²) >= 11 is 0. The van der Waals surface area contributed by atoms with Gasteiger partial charge in [0.1, 0.15) is 0 Å². The molecule has 24 heavy (non-hydrogen) atoms. The lowest BCUT2D eigenvalue weighted by Crippen LogP contribution is -2.39. The largest absolute Gasteiger partial charge is 0.314 e. The minimum absolute atomic E-state index is 0.988. The fourth-order valence-corrected chi connectivity index (χ4v) is 3.09. The summed E-state index contributed by atoms with van der Waals surface area (Å²) in [4.78, 5) is 0. The van der Waals surface area contributed by atoms with E-state index in [4.69, 9.17) is 0 Å². The van der Waals surface area contributed by atoms with Crippen LogP contribution in [0.4, 0.5) is 0 Å². The molecule has 0 radical (unpaired) electrons. The van der Waals surface area contributed by atoms with Crippen molar-refractivity contribution in [3.05, 3.63) is 53.2 Å². The van der Waals surface area contributed by atoms with E-state index in [1.54, 1.807) is 0 Å². The van der Waals surface area contributed by atoms with Gasteiger partial charge in [-0.3, -0.25) is 0 Å². The van der Waals surface area contributed by atoms with Crippen molar-refractivity contribution in [2.45, 2.75) is 60.3 Å². The minimum atomic E-state index is 0.988. The molecular formula is C22H36N2. The maximum atomic E-state index is 4.16. The first-order valence-corrected chi connectivity index (χ1v) is 9.39. The molecule has 0 aromatic heterocycles. The molecule has 0 fully saturated rings. The van der Waals surface area contributed by atoms with Crippen molar-refractivity contribution in [3.8, 4) is 0 Å². The highest BCUT2D eigenvalue weighted by atomic mass is 15.6. The lowest BCUT2D eigenvalue weighted by atomic mass is 9.94. The molecule has 0 aliphatic carbocycles. The molecule has 0 aliphatic heterocycles. The summed E-state index contributed by atoms with van der Waals surface area (Å²) in [5, 5.41) is 4.59. The van der Waals surface area contributed by atoms with Gasteiger partial charge in [-0.2, -0.15) is 0 Å². The highest BCUT2D eigenvalue weighted by molar-refractivity contribution is 5.68. The van der Waals surface area contributed by atoms with Gasteiger partial charge in [0.25, 0.3) is 0 Å². The first kappa shape index (κ1) is 20.5. The van der Waals surface area contributed by atoms with Gasteiger partial charge < -0.3 is 5.01 Å². The molecule has 0 bridgehead atoms. The Morgan fingerprint density at radius 1 is 1.21 bits per heavy atom. The molecule has 1 aromatic carbocycles. The zero-order valence-electron chi connectivity index (χ0n) is 16.7. The molecule has 0 unspecified atom stereocenters. The highest BCUT2D eigenvalue weighted by Crippen LogP contribution is 2.25. The molecule has 134 valence electrons. The van der Waals surface area contributed by atoms with Crippen LogP contribution in [0, 0.1) is 6.92 Å². The normalized spacial score (nSPS) is 11.9. The number of hydrogen-bond acceptors (Lipinski definition) is 2. The Balaban J connectivity index is 2.88. The van der Waals surface area contributed by atoms with Gasteiger partial charge in [-0.05, 0) is 55.4 Å². The fraction of sp³-hybridized carbons (Fsp3) is 0.545. The van der Waals surface area contributed by atoms with Gasteiger partial charge in [0.15, 0.2) is 0 Å². The second-order valence-corrected chi connectivity index (χ2v) is 6.45. The Morgan fingerprint density at radius 2 is 1.92 bits per heavy atom. The van der Waals surface area contributed by atoms with Gasteiger partial charge >= 0.3 is 0 Å². The van der Waals surface area contributed by atoms with Gasteiger partial charge in [0, 0.05) is 25.8 Å². The molecular weight excluding hydrogens is 292 g/mol. The fourth-order valence-electron chi connectivity index (χ4n) is 3.09. The summed E-state index contributed by atoms with van der Waals surface area (Å²) in [7, 11) is 2.12. The number of rotatable bonds is 10. The minimum Gasteiger partial charge on any atom is -0.314 e. The van der Waals surface area contributed by atoms with E-state index < -0.39 is 0 Å². The third-order valence-electron chi connectivity index (χ3n) is 4.83. The predicted molar refractivity (Wildman–Crippen MR) is 108 cm³/mol. The summed E-state index contributed by atoms with van der Waals surface area (Å²) in [5.41, 5.74) is 6.84. The smallest absolute Gasteiger partial charge is 0.0230 e. The second-order valence-electron chi connectivity index (χ2n) is 6.45. The van der Waals surface area contributed by atoms with Gasteiger partial charge in [-0.15, -0.1) is 0 Å². The molecule has 1 aromatic rings. The topological polar surface area (TPSA) is 6.48 Å². The Labute approximate surface area is 149 Å². The summed E-state index contributed by atoms with van der Waals surface area (Å²) in [6, 6.07) is 6.93. The molecule has 0 aliphatic rings. The van der Waals surface area contributed by atoms with Gasteiger partial charge in [-0.25, -0.2) is 5.01 Å². The molecule has 2 heteroatoms. The van der Waals surface area contributed by atoms with E-state index in [-0.39, 0.29) is 0 Å². The molecule has 0 saturated carbocycles. The molecule has 0 amide bonds. The number of nitrogens with zero attached hydrogens (tertiary/aromatic N) is 2. The molecule has 0 spiro atoms.